The summed E-state index contributed by atoms with van der Waals surface area (Å²) in [5.74, 6) is 0.347. The number of fused-ring (bicyclic) bond motifs is 1. The van der Waals surface area contributed by atoms with Crippen LogP contribution < -0.4 is 5.46 Å². The van der Waals surface area contributed by atoms with Gasteiger partial charge in [0, 0.05) is 11.6 Å². The van der Waals surface area contributed by atoms with Gasteiger partial charge in [-0.3, -0.25) is 4.99 Å². The van der Waals surface area contributed by atoms with E-state index in [1.54, 1.807) is 0 Å². The maximum atomic E-state index is 6.29. The number of benzene rings is 3. The van der Waals surface area contributed by atoms with Crippen molar-refractivity contribution in [1.29, 1.82) is 0 Å². The van der Waals surface area contributed by atoms with Crippen molar-refractivity contribution in [2.75, 3.05) is 0 Å². The first-order valence-electron chi connectivity index (χ1n) is 11.5. The van der Waals surface area contributed by atoms with Crippen LogP contribution in [0, 0.1) is 0 Å². The zero-order chi connectivity index (χ0) is 22.3. The second kappa shape index (κ2) is 8.02. The number of rotatable bonds is 3. The number of nitrogens with zero attached hydrogens (tertiary/aromatic N) is 1. The molecule has 5 rings (SSSR count). The first-order chi connectivity index (χ1) is 15.3. The highest BCUT2D eigenvalue weighted by molar-refractivity contribution is 6.62. The standard InChI is InChI=1S/C28H30BNO2/c1-27(2)28(3,4)32-29(31-27)22-14-10-13-21(19-22)25-18-17-23(20-11-6-5-7-12-20)24-15-8-9-16-26(24)30-25/h5-16,19,23H,17-18H2,1-4H3. The molecule has 0 spiro atoms. The molecule has 2 aliphatic heterocycles. The molecule has 2 aliphatic rings. The van der Waals surface area contributed by atoms with E-state index in [0.717, 1.165) is 35.3 Å². The monoisotopic (exact) mass is 423 g/mol. The van der Waals surface area contributed by atoms with E-state index < -0.39 is 0 Å². The number of hydrogen-bond donors (Lipinski definition) is 0. The molecular weight excluding hydrogens is 393 g/mol. The van der Waals surface area contributed by atoms with Crippen molar-refractivity contribution in [1.82, 2.24) is 0 Å². The van der Waals surface area contributed by atoms with Crippen molar-refractivity contribution in [3.63, 3.8) is 0 Å². The van der Waals surface area contributed by atoms with E-state index in [2.05, 4.69) is 107 Å². The Morgan fingerprint density at radius 3 is 2.25 bits per heavy atom. The minimum atomic E-state index is -0.365. The second-order valence-corrected chi connectivity index (χ2v) is 9.83. The zero-order valence-electron chi connectivity index (χ0n) is 19.3. The lowest BCUT2D eigenvalue weighted by molar-refractivity contribution is 0.00578. The van der Waals surface area contributed by atoms with Gasteiger partial charge in [-0.2, -0.15) is 0 Å². The topological polar surface area (TPSA) is 30.8 Å². The van der Waals surface area contributed by atoms with Gasteiger partial charge in [0.25, 0.3) is 0 Å². The maximum absolute atomic E-state index is 6.29. The van der Waals surface area contributed by atoms with Crippen molar-refractivity contribution >= 4 is 24.0 Å². The van der Waals surface area contributed by atoms with Crippen molar-refractivity contribution in [3.8, 4) is 0 Å². The SMILES string of the molecule is CC1(C)OB(c2cccc(C3=Nc4ccccc4C(c4ccccc4)CC3)c2)OC1(C)C. The quantitative estimate of drug-likeness (QED) is 0.482. The molecule has 162 valence electrons. The van der Waals surface area contributed by atoms with E-state index in [1.165, 1.54) is 11.1 Å². The highest BCUT2D eigenvalue weighted by Crippen LogP contribution is 2.39. The Kier molecular flexibility index (Phi) is 5.31. The molecule has 32 heavy (non-hydrogen) atoms. The summed E-state index contributed by atoms with van der Waals surface area (Å²) in [5, 5.41) is 0. The summed E-state index contributed by atoms with van der Waals surface area (Å²) in [4.78, 5) is 5.15. The highest BCUT2D eigenvalue weighted by atomic mass is 16.7. The summed E-state index contributed by atoms with van der Waals surface area (Å²) < 4.78 is 12.6. The minimum Gasteiger partial charge on any atom is -0.399 e. The zero-order valence-corrected chi connectivity index (χ0v) is 19.3. The molecule has 3 aromatic carbocycles. The van der Waals surface area contributed by atoms with Gasteiger partial charge in [-0.15, -0.1) is 0 Å². The Morgan fingerprint density at radius 1 is 0.812 bits per heavy atom. The average molecular weight is 423 g/mol. The van der Waals surface area contributed by atoms with Crippen LogP contribution in [-0.4, -0.2) is 24.0 Å². The van der Waals surface area contributed by atoms with E-state index in [4.69, 9.17) is 14.3 Å². The lowest BCUT2D eigenvalue weighted by atomic mass is 9.78. The van der Waals surface area contributed by atoms with Crippen molar-refractivity contribution in [3.05, 3.63) is 95.6 Å². The van der Waals surface area contributed by atoms with Crippen LogP contribution in [0.5, 0.6) is 0 Å². The lowest BCUT2D eigenvalue weighted by Crippen LogP contribution is -2.41. The molecule has 1 atom stereocenters. The molecule has 0 aromatic heterocycles. The molecule has 1 saturated heterocycles. The fourth-order valence-corrected chi connectivity index (χ4v) is 4.61. The Bertz CT molecular complexity index is 1140. The third-order valence-corrected chi connectivity index (χ3v) is 7.18. The van der Waals surface area contributed by atoms with Crippen LogP contribution >= 0.6 is 0 Å². The predicted octanol–water partition coefficient (Wildman–Crippen LogP) is 6.03. The van der Waals surface area contributed by atoms with Crippen LogP contribution in [0.1, 0.15) is 63.1 Å². The van der Waals surface area contributed by atoms with Gasteiger partial charge >= 0.3 is 7.12 Å². The fourth-order valence-electron chi connectivity index (χ4n) is 4.61. The van der Waals surface area contributed by atoms with Gasteiger partial charge in [-0.25, -0.2) is 0 Å². The van der Waals surface area contributed by atoms with E-state index in [-0.39, 0.29) is 18.3 Å². The first-order valence-corrected chi connectivity index (χ1v) is 11.5. The Labute approximate surface area is 191 Å². The van der Waals surface area contributed by atoms with Crippen LogP contribution in [0.15, 0.2) is 83.9 Å². The largest absolute Gasteiger partial charge is 0.494 e. The molecule has 3 aromatic rings. The molecule has 0 aliphatic carbocycles. The van der Waals surface area contributed by atoms with Gasteiger partial charge in [0.1, 0.15) is 0 Å². The summed E-state index contributed by atoms with van der Waals surface area (Å²) in [6.45, 7) is 8.36. The van der Waals surface area contributed by atoms with Crippen molar-refractivity contribution in [2.45, 2.75) is 57.7 Å². The van der Waals surface area contributed by atoms with Gasteiger partial charge in [0.2, 0.25) is 0 Å². The molecule has 0 N–H and O–H groups in total. The van der Waals surface area contributed by atoms with Gasteiger partial charge in [0.05, 0.1) is 16.9 Å². The van der Waals surface area contributed by atoms with E-state index in [0.29, 0.717) is 5.92 Å². The van der Waals surface area contributed by atoms with Gasteiger partial charge in [-0.1, -0.05) is 72.8 Å². The maximum Gasteiger partial charge on any atom is 0.494 e. The molecule has 0 amide bonds. The number of hydrogen-bond acceptors (Lipinski definition) is 3. The fraction of sp³-hybridized carbons (Fsp3) is 0.321. The lowest BCUT2D eigenvalue weighted by Gasteiger charge is -2.32. The van der Waals surface area contributed by atoms with E-state index in [9.17, 15) is 0 Å². The summed E-state index contributed by atoms with van der Waals surface area (Å²) in [6.07, 6.45) is 1.95. The Morgan fingerprint density at radius 2 is 1.50 bits per heavy atom. The van der Waals surface area contributed by atoms with Crippen LogP contribution in [0.4, 0.5) is 5.69 Å². The summed E-state index contributed by atoms with van der Waals surface area (Å²) in [7, 11) is -0.365. The molecule has 1 fully saturated rings. The minimum absolute atomic E-state index is 0.347. The normalized spacial score (nSPS) is 21.6. The van der Waals surface area contributed by atoms with Gasteiger partial charge in [0.15, 0.2) is 0 Å². The smallest absolute Gasteiger partial charge is 0.399 e. The van der Waals surface area contributed by atoms with Gasteiger partial charge in [-0.05, 0) is 68.8 Å². The third-order valence-electron chi connectivity index (χ3n) is 7.18. The molecule has 4 heteroatoms. The van der Waals surface area contributed by atoms with E-state index in [1.807, 2.05) is 0 Å². The van der Waals surface area contributed by atoms with Crippen LogP contribution in [0.25, 0.3) is 0 Å². The molecule has 0 bridgehead atoms. The summed E-state index contributed by atoms with van der Waals surface area (Å²) >= 11 is 0. The molecule has 0 saturated carbocycles. The van der Waals surface area contributed by atoms with Crippen LogP contribution in [-0.2, 0) is 9.31 Å². The van der Waals surface area contributed by atoms with Crippen molar-refractivity contribution < 1.29 is 9.31 Å². The molecular formula is C28H30BNO2. The van der Waals surface area contributed by atoms with Crippen LogP contribution in [0.3, 0.4) is 0 Å². The van der Waals surface area contributed by atoms with E-state index >= 15 is 0 Å². The number of aliphatic imine (C=N–C) groups is 1. The highest BCUT2D eigenvalue weighted by Gasteiger charge is 2.51. The molecule has 1 unspecified atom stereocenters. The Balaban J connectivity index is 1.48. The predicted molar refractivity (Wildman–Crippen MR) is 132 cm³/mol. The van der Waals surface area contributed by atoms with Crippen LogP contribution in [0.2, 0.25) is 0 Å². The molecule has 0 radical (unpaired) electrons. The second-order valence-electron chi connectivity index (χ2n) is 9.83. The Hall–Kier alpha value is -2.69. The molecule has 3 nitrogen and oxygen atoms in total. The van der Waals surface area contributed by atoms with Crippen molar-refractivity contribution in [2.24, 2.45) is 4.99 Å². The number of para-hydroxylation sites is 1. The summed E-state index contributed by atoms with van der Waals surface area (Å²) in [6, 6.07) is 27.8. The average Bonchev–Trinajstić information content (AvgIpc) is 2.92. The van der Waals surface area contributed by atoms with Gasteiger partial charge < -0.3 is 9.31 Å². The first kappa shape index (κ1) is 21.2. The third kappa shape index (κ3) is 3.83. The molecule has 2 heterocycles. The summed E-state index contributed by atoms with van der Waals surface area (Å²) in [5.41, 5.74) is 6.31.